The second-order valence-corrected chi connectivity index (χ2v) is 3.67. The van der Waals surface area contributed by atoms with Crippen LogP contribution >= 0.6 is 0 Å². The summed E-state index contributed by atoms with van der Waals surface area (Å²) < 4.78 is 5.66. The van der Waals surface area contributed by atoms with Crippen molar-refractivity contribution in [2.75, 3.05) is 39.3 Å². The summed E-state index contributed by atoms with van der Waals surface area (Å²) in [7, 11) is 0. The van der Waals surface area contributed by atoms with Gasteiger partial charge >= 0.3 is 0 Å². The molecule has 14 heavy (non-hydrogen) atoms. The third-order valence-electron chi connectivity index (χ3n) is 2.57. The Kier molecular flexibility index (Phi) is 5.83. The van der Waals surface area contributed by atoms with E-state index in [1.165, 1.54) is 0 Å². The highest BCUT2D eigenvalue weighted by Gasteiger charge is 2.18. The summed E-state index contributed by atoms with van der Waals surface area (Å²) in [5.74, 6) is 0. The van der Waals surface area contributed by atoms with Crippen molar-refractivity contribution >= 4 is 0 Å². The topological polar surface area (TPSA) is 24.5 Å². The minimum Gasteiger partial charge on any atom is -0.374 e. The van der Waals surface area contributed by atoms with Crippen molar-refractivity contribution in [2.45, 2.75) is 19.4 Å². The molecule has 82 valence electrons. The van der Waals surface area contributed by atoms with Gasteiger partial charge in [-0.05, 0) is 19.5 Å². The number of hydrogen-bond acceptors (Lipinski definition) is 3. The molecule has 1 fully saturated rings. The van der Waals surface area contributed by atoms with E-state index in [1.807, 2.05) is 6.08 Å². The zero-order valence-corrected chi connectivity index (χ0v) is 9.17. The Morgan fingerprint density at radius 2 is 2.50 bits per heavy atom. The summed E-state index contributed by atoms with van der Waals surface area (Å²) in [6.07, 6.45) is 3.34. The molecule has 0 radical (unpaired) electrons. The molecular weight excluding hydrogens is 176 g/mol. The largest absolute Gasteiger partial charge is 0.374 e. The molecule has 1 saturated heterocycles. The lowest BCUT2D eigenvalue weighted by atomic mass is 10.2. The van der Waals surface area contributed by atoms with Crippen LogP contribution in [0.15, 0.2) is 12.7 Å². The van der Waals surface area contributed by atoms with E-state index in [-0.39, 0.29) is 0 Å². The van der Waals surface area contributed by atoms with Crippen LogP contribution in [0.4, 0.5) is 0 Å². The molecule has 1 atom stereocenters. The Hall–Kier alpha value is -0.380. The average Bonchev–Trinajstić information content (AvgIpc) is 2.25. The fourth-order valence-corrected chi connectivity index (χ4v) is 1.66. The van der Waals surface area contributed by atoms with Gasteiger partial charge in [0.05, 0.1) is 12.7 Å². The van der Waals surface area contributed by atoms with E-state index in [4.69, 9.17) is 4.74 Å². The standard InChI is InChI=1S/C11H22N2O/c1-3-5-6-12-9-11-10-13(4-2)7-8-14-11/h3,11-12H,1,4-10H2,2H3. The molecule has 0 saturated carbocycles. The number of hydrogen-bond donors (Lipinski definition) is 1. The Morgan fingerprint density at radius 3 is 3.21 bits per heavy atom. The minimum atomic E-state index is 0.369. The van der Waals surface area contributed by atoms with E-state index < -0.39 is 0 Å². The Morgan fingerprint density at radius 1 is 1.64 bits per heavy atom. The lowest BCUT2D eigenvalue weighted by molar-refractivity contribution is -0.0251. The number of likely N-dealkylation sites (N-methyl/N-ethyl adjacent to an activating group) is 1. The highest BCUT2D eigenvalue weighted by atomic mass is 16.5. The summed E-state index contributed by atoms with van der Waals surface area (Å²) in [5, 5.41) is 3.38. The van der Waals surface area contributed by atoms with Crippen molar-refractivity contribution in [1.29, 1.82) is 0 Å². The van der Waals surface area contributed by atoms with Crippen LogP contribution in [0.5, 0.6) is 0 Å². The molecule has 0 bridgehead atoms. The first-order valence-electron chi connectivity index (χ1n) is 5.52. The predicted molar refractivity (Wildman–Crippen MR) is 59.5 cm³/mol. The lowest BCUT2D eigenvalue weighted by Crippen LogP contribution is -2.46. The van der Waals surface area contributed by atoms with Crippen LogP contribution in [-0.4, -0.2) is 50.3 Å². The number of rotatable bonds is 6. The van der Waals surface area contributed by atoms with E-state index in [9.17, 15) is 0 Å². The van der Waals surface area contributed by atoms with E-state index >= 15 is 0 Å². The van der Waals surface area contributed by atoms with Gasteiger partial charge < -0.3 is 10.1 Å². The first-order chi connectivity index (χ1) is 6.86. The van der Waals surface area contributed by atoms with Crippen molar-refractivity contribution in [3.05, 3.63) is 12.7 Å². The van der Waals surface area contributed by atoms with Crippen molar-refractivity contribution < 1.29 is 4.74 Å². The molecule has 0 spiro atoms. The highest BCUT2D eigenvalue weighted by molar-refractivity contribution is 4.74. The Labute approximate surface area is 87.1 Å². The van der Waals surface area contributed by atoms with Crippen LogP contribution in [-0.2, 0) is 4.74 Å². The summed E-state index contributed by atoms with van der Waals surface area (Å²) in [5.41, 5.74) is 0. The molecule has 1 aliphatic rings. The summed E-state index contributed by atoms with van der Waals surface area (Å²) >= 11 is 0. The lowest BCUT2D eigenvalue weighted by Gasteiger charge is -2.32. The molecule has 1 N–H and O–H groups in total. The molecular formula is C11H22N2O. The molecule has 0 amide bonds. The molecule has 1 rings (SSSR count). The van der Waals surface area contributed by atoms with Crippen LogP contribution in [0.3, 0.4) is 0 Å². The Bertz CT molecular complexity index is 161. The number of ether oxygens (including phenoxy) is 1. The van der Waals surface area contributed by atoms with E-state index in [0.717, 1.165) is 45.8 Å². The zero-order valence-electron chi connectivity index (χ0n) is 9.17. The first-order valence-corrected chi connectivity index (χ1v) is 5.52. The molecule has 3 heteroatoms. The van der Waals surface area contributed by atoms with E-state index in [1.54, 1.807) is 0 Å². The van der Waals surface area contributed by atoms with Crippen LogP contribution in [0.1, 0.15) is 13.3 Å². The fourth-order valence-electron chi connectivity index (χ4n) is 1.66. The zero-order chi connectivity index (χ0) is 10.2. The third kappa shape index (κ3) is 4.22. The van der Waals surface area contributed by atoms with Crippen molar-refractivity contribution in [1.82, 2.24) is 10.2 Å². The second kappa shape index (κ2) is 6.98. The van der Waals surface area contributed by atoms with Crippen molar-refractivity contribution in [3.8, 4) is 0 Å². The molecule has 1 heterocycles. The molecule has 1 aliphatic heterocycles. The van der Waals surface area contributed by atoms with Gasteiger partial charge in [-0.15, -0.1) is 6.58 Å². The monoisotopic (exact) mass is 198 g/mol. The highest BCUT2D eigenvalue weighted by Crippen LogP contribution is 2.03. The van der Waals surface area contributed by atoms with Gasteiger partial charge in [-0.1, -0.05) is 13.0 Å². The number of morpholine rings is 1. The second-order valence-electron chi connectivity index (χ2n) is 3.67. The molecule has 0 aromatic carbocycles. The summed E-state index contributed by atoms with van der Waals surface area (Å²) in [6, 6.07) is 0. The average molecular weight is 198 g/mol. The third-order valence-corrected chi connectivity index (χ3v) is 2.57. The fraction of sp³-hybridized carbons (Fsp3) is 0.818. The van der Waals surface area contributed by atoms with Gasteiger partial charge in [-0.3, -0.25) is 4.90 Å². The minimum absolute atomic E-state index is 0.369. The predicted octanol–water partition coefficient (Wildman–Crippen LogP) is 0.873. The number of nitrogens with one attached hydrogen (secondary N) is 1. The number of nitrogens with zero attached hydrogens (tertiary/aromatic N) is 1. The molecule has 0 aromatic heterocycles. The summed E-state index contributed by atoms with van der Waals surface area (Å²) in [6.45, 7) is 12.0. The molecule has 0 aromatic rings. The van der Waals surface area contributed by atoms with E-state index in [0.29, 0.717) is 6.10 Å². The molecule has 1 unspecified atom stereocenters. The molecule has 0 aliphatic carbocycles. The smallest absolute Gasteiger partial charge is 0.0826 e. The van der Waals surface area contributed by atoms with E-state index in [2.05, 4.69) is 23.7 Å². The first kappa shape index (κ1) is 11.7. The quantitative estimate of drug-likeness (QED) is 0.506. The SMILES string of the molecule is C=CCCNCC1CN(CC)CCO1. The van der Waals surface area contributed by atoms with Crippen LogP contribution < -0.4 is 5.32 Å². The van der Waals surface area contributed by atoms with Gasteiger partial charge in [0, 0.05) is 19.6 Å². The Balaban J connectivity index is 2.08. The van der Waals surface area contributed by atoms with Gasteiger partial charge in [0.1, 0.15) is 0 Å². The van der Waals surface area contributed by atoms with Crippen LogP contribution in [0.25, 0.3) is 0 Å². The van der Waals surface area contributed by atoms with Crippen molar-refractivity contribution in [3.63, 3.8) is 0 Å². The van der Waals surface area contributed by atoms with Gasteiger partial charge in [0.15, 0.2) is 0 Å². The van der Waals surface area contributed by atoms with Crippen molar-refractivity contribution in [2.24, 2.45) is 0 Å². The maximum atomic E-state index is 5.66. The van der Waals surface area contributed by atoms with Gasteiger partial charge in [0.25, 0.3) is 0 Å². The maximum absolute atomic E-state index is 5.66. The normalized spacial score (nSPS) is 23.6. The maximum Gasteiger partial charge on any atom is 0.0826 e. The summed E-state index contributed by atoms with van der Waals surface area (Å²) in [4.78, 5) is 2.43. The van der Waals surface area contributed by atoms with Crippen LogP contribution in [0.2, 0.25) is 0 Å². The van der Waals surface area contributed by atoms with Gasteiger partial charge in [0.2, 0.25) is 0 Å². The van der Waals surface area contributed by atoms with Gasteiger partial charge in [-0.2, -0.15) is 0 Å². The van der Waals surface area contributed by atoms with Crippen LogP contribution in [0, 0.1) is 0 Å². The molecule has 3 nitrogen and oxygen atoms in total. The van der Waals surface area contributed by atoms with Gasteiger partial charge in [-0.25, -0.2) is 0 Å².